The van der Waals surface area contributed by atoms with Gasteiger partial charge in [-0.1, -0.05) is 0 Å². The second kappa shape index (κ2) is 7.75. The van der Waals surface area contributed by atoms with Crippen molar-refractivity contribution in [1.82, 2.24) is 20.3 Å². The van der Waals surface area contributed by atoms with Crippen molar-refractivity contribution in [3.63, 3.8) is 0 Å². The van der Waals surface area contributed by atoms with Crippen molar-refractivity contribution in [3.05, 3.63) is 65.9 Å². The minimum Gasteiger partial charge on any atom is -0.489 e. The van der Waals surface area contributed by atoms with Crippen LogP contribution >= 0.6 is 0 Å². The molecule has 1 atom stereocenters. The van der Waals surface area contributed by atoms with Crippen LogP contribution in [0.4, 0.5) is 10.2 Å². The van der Waals surface area contributed by atoms with Crippen molar-refractivity contribution < 1.29 is 9.13 Å². The minimum atomic E-state index is -0.254. The number of halogens is 1. The molecule has 0 amide bonds. The molecule has 1 fully saturated rings. The predicted octanol–water partition coefficient (Wildman–Crippen LogP) is 3.33. The molecule has 4 heterocycles. The van der Waals surface area contributed by atoms with E-state index in [1.807, 2.05) is 12.1 Å². The third-order valence-corrected chi connectivity index (χ3v) is 5.40. The number of aromatic nitrogens is 3. The molecule has 0 spiro atoms. The Morgan fingerprint density at radius 3 is 2.69 bits per heavy atom. The van der Waals surface area contributed by atoms with E-state index in [9.17, 15) is 4.39 Å². The fourth-order valence-electron chi connectivity index (χ4n) is 3.97. The molecule has 148 valence electrons. The lowest BCUT2D eigenvalue weighted by Gasteiger charge is -2.34. The van der Waals surface area contributed by atoms with E-state index in [0.717, 1.165) is 61.9 Å². The number of pyridine rings is 1. The van der Waals surface area contributed by atoms with Gasteiger partial charge in [-0.25, -0.2) is 14.4 Å². The van der Waals surface area contributed by atoms with E-state index >= 15 is 0 Å². The highest BCUT2D eigenvalue weighted by Crippen LogP contribution is 2.30. The van der Waals surface area contributed by atoms with Crippen molar-refractivity contribution in [3.8, 4) is 17.1 Å². The molecule has 0 saturated carbocycles. The summed E-state index contributed by atoms with van der Waals surface area (Å²) in [5, 5.41) is 3.39. The van der Waals surface area contributed by atoms with Gasteiger partial charge in [-0.3, -0.25) is 4.98 Å². The number of nitrogens with zero attached hydrogens (tertiary/aromatic N) is 4. The van der Waals surface area contributed by atoms with Crippen molar-refractivity contribution in [2.75, 3.05) is 18.0 Å². The van der Waals surface area contributed by atoms with E-state index in [-0.39, 0.29) is 11.9 Å². The summed E-state index contributed by atoms with van der Waals surface area (Å²) in [4.78, 5) is 16.1. The summed E-state index contributed by atoms with van der Waals surface area (Å²) in [5.41, 5.74) is 3.20. The van der Waals surface area contributed by atoms with Gasteiger partial charge in [0.2, 0.25) is 0 Å². The first-order chi connectivity index (χ1) is 14.3. The zero-order valence-electron chi connectivity index (χ0n) is 16.0. The Bertz CT molecular complexity index is 996. The van der Waals surface area contributed by atoms with E-state index in [0.29, 0.717) is 5.75 Å². The van der Waals surface area contributed by atoms with Crippen molar-refractivity contribution in [2.24, 2.45) is 0 Å². The fourth-order valence-corrected chi connectivity index (χ4v) is 3.97. The Morgan fingerprint density at radius 1 is 1.03 bits per heavy atom. The summed E-state index contributed by atoms with van der Waals surface area (Å²) in [7, 11) is 0. The molecular weight excluding hydrogens is 369 g/mol. The van der Waals surface area contributed by atoms with Gasteiger partial charge in [0, 0.05) is 43.2 Å². The maximum atomic E-state index is 13.2. The molecule has 29 heavy (non-hydrogen) atoms. The number of nitrogens with one attached hydrogen (secondary N) is 1. The van der Waals surface area contributed by atoms with Crippen molar-refractivity contribution >= 4 is 5.82 Å². The number of piperidine rings is 1. The number of rotatable bonds is 4. The van der Waals surface area contributed by atoms with Gasteiger partial charge in [-0.05, 0) is 49.2 Å². The van der Waals surface area contributed by atoms with E-state index in [2.05, 4.69) is 15.2 Å². The number of fused-ring (bicyclic) bond motifs is 1. The van der Waals surface area contributed by atoms with Gasteiger partial charge < -0.3 is 15.0 Å². The van der Waals surface area contributed by atoms with Crippen LogP contribution in [0.2, 0.25) is 0 Å². The average molecular weight is 391 g/mol. The highest BCUT2D eigenvalue weighted by Gasteiger charge is 2.28. The lowest BCUT2D eigenvalue weighted by atomic mass is 10.1. The van der Waals surface area contributed by atoms with Crippen LogP contribution in [0.1, 0.15) is 24.1 Å². The minimum absolute atomic E-state index is 0.0403. The largest absolute Gasteiger partial charge is 0.489 e. The van der Waals surface area contributed by atoms with Crippen LogP contribution in [0.3, 0.4) is 0 Å². The maximum Gasteiger partial charge on any atom is 0.161 e. The Morgan fingerprint density at radius 2 is 1.86 bits per heavy atom. The zero-order valence-corrected chi connectivity index (χ0v) is 16.0. The Balaban J connectivity index is 1.42. The molecule has 1 aromatic carbocycles. The van der Waals surface area contributed by atoms with E-state index < -0.39 is 0 Å². The lowest BCUT2D eigenvalue weighted by molar-refractivity contribution is 0.179. The second-order valence-electron chi connectivity index (χ2n) is 7.42. The van der Waals surface area contributed by atoms with Crippen LogP contribution in [0.15, 0.2) is 48.8 Å². The first kappa shape index (κ1) is 18.0. The van der Waals surface area contributed by atoms with Gasteiger partial charge in [-0.2, -0.15) is 0 Å². The SMILES string of the molecule is Fc1ccc(O[C@@H]2CCCN(c3nc(-c4ccncc4)nc4c3CNC4)C2)cc1. The van der Waals surface area contributed by atoms with Gasteiger partial charge in [-0.15, -0.1) is 0 Å². The number of hydrogen-bond donors (Lipinski definition) is 1. The van der Waals surface area contributed by atoms with Crippen molar-refractivity contribution in [2.45, 2.75) is 32.0 Å². The average Bonchev–Trinajstić information content (AvgIpc) is 3.24. The second-order valence-corrected chi connectivity index (χ2v) is 7.42. The molecule has 0 aliphatic carbocycles. The summed E-state index contributed by atoms with van der Waals surface area (Å²) in [5.74, 6) is 2.16. The van der Waals surface area contributed by atoms with E-state index in [4.69, 9.17) is 14.7 Å². The number of hydrogen-bond acceptors (Lipinski definition) is 6. The Labute approximate surface area is 168 Å². The Hall–Kier alpha value is -3.06. The molecule has 2 aliphatic heterocycles. The third-order valence-electron chi connectivity index (χ3n) is 5.40. The monoisotopic (exact) mass is 391 g/mol. The molecule has 0 radical (unpaired) electrons. The maximum absolute atomic E-state index is 13.2. The molecular formula is C22H22FN5O. The van der Waals surface area contributed by atoms with E-state index in [1.54, 1.807) is 24.5 Å². The summed E-state index contributed by atoms with van der Waals surface area (Å²) >= 11 is 0. The third kappa shape index (κ3) is 3.78. The lowest BCUT2D eigenvalue weighted by Crippen LogP contribution is -2.42. The highest BCUT2D eigenvalue weighted by molar-refractivity contribution is 5.61. The number of benzene rings is 1. The van der Waals surface area contributed by atoms with Gasteiger partial charge in [0.05, 0.1) is 12.2 Å². The number of ether oxygens (including phenoxy) is 1. The van der Waals surface area contributed by atoms with Crippen LogP contribution in [0.5, 0.6) is 5.75 Å². The molecule has 7 heteroatoms. The summed E-state index contributed by atoms with van der Waals surface area (Å²) in [6.45, 7) is 3.21. The summed E-state index contributed by atoms with van der Waals surface area (Å²) in [6.07, 6.45) is 5.55. The van der Waals surface area contributed by atoms with Crippen molar-refractivity contribution in [1.29, 1.82) is 0 Å². The highest BCUT2D eigenvalue weighted by atomic mass is 19.1. The molecule has 6 nitrogen and oxygen atoms in total. The van der Waals surface area contributed by atoms with E-state index in [1.165, 1.54) is 17.7 Å². The molecule has 0 bridgehead atoms. The molecule has 5 rings (SSSR count). The Kier molecular flexibility index (Phi) is 4.81. The van der Waals surface area contributed by atoms with Gasteiger partial charge in [0.25, 0.3) is 0 Å². The van der Waals surface area contributed by atoms with Gasteiger partial charge >= 0.3 is 0 Å². The summed E-state index contributed by atoms with van der Waals surface area (Å²) in [6, 6.07) is 10.1. The van der Waals surface area contributed by atoms with Crippen LogP contribution in [-0.4, -0.2) is 34.1 Å². The van der Waals surface area contributed by atoms with Crippen LogP contribution in [0.25, 0.3) is 11.4 Å². The van der Waals surface area contributed by atoms with Crippen LogP contribution < -0.4 is 15.0 Å². The predicted molar refractivity (Wildman–Crippen MR) is 108 cm³/mol. The molecule has 0 unspecified atom stereocenters. The van der Waals surface area contributed by atoms with Gasteiger partial charge in [0.1, 0.15) is 23.5 Å². The smallest absolute Gasteiger partial charge is 0.161 e. The normalized spacial score (nSPS) is 18.5. The molecule has 1 N–H and O–H groups in total. The van der Waals surface area contributed by atoms with Crippen LogP contribution in [0, 0.1) is 5.82 Å². The number of anilines is 1. The fraction of sp³-hybridized carbons (Fsp3) is 0.318. The standard InChI is InChI=1S/C22H22FN5O/c23-16-3-5-17(6-4-16)29-18-2-1-11-28(14-18)22-19-12-25-13-20(19)26-21(27-22)15-7-9-24-10-8-15/h3-10,18,25H,1-2,11-14H2/t18-/m1/s1. The summed E-state index contributed by atoms with van der Waals surface area (Å²) < 4.78 is 19.3. The molecule has 1 saturated heterocycles. The van der Waals surface area contributed by atoms with Crippen LogP contribution in [-0.2, 0) is 13.1 Å². The zero-order chi connectivity index (χ0) is 19.6. The molecule has 2 aliphatic rings. The molecule has 3 aromatic rings. The topological polar surface area (TPSA) is 63.2 Å². The molecule has 2 aromatic heterocycles. The first-order valence-electron chi connectivity index (χ1n) is 9.94. The first-order valence-corrected chi connectivity index (χ1v) is 9.94. The quantitative estimate of drug-likeness (QED) is 0.736. The van der Waals surface area contributed by atoms with Gasteiger partial charge in [0.15, 0.2) is 5.82 Å².